The summed E-state index contributed by atoms with van der Waals surface area (Å²) in [4.78, 5) is 14.3. The van der Waals surface area contributed by atoms with Crippen LogP contribution < -0.4 is 0 Å². The van der Waals surface area contributed by atoms with Crippen LogP contribution in [0.1, 0.15) is 115 Å². The monoisotopic (exact) mass is 551 g/mol. The van der Waals surface area contributed by atoms with E-state index in [-0.39, 0.29) is 34.8 Å². The van der Waals surface area contributed by atoms with Crippen molar-refractivity contribution < 1.29 is 19.0 Å². The third-order valence-electron chi connectivity index (χ3n) is 9.31. The number of halogens is 1. The fourth-order valence-electron chi connectivity index (χ4n) is 6.94. The third-order valence-corrected chi connectivity index (χ3v) is 9.31. The molecule has 2 aliphatic rings. The van der Waals surface area contributed by atoms with Crippen molar-refractivity contribution in [3.05, 3.63) is 70.5 Å². The summed E-state index contributed by atoms with van der Waals surface area (Å²) < 4.78 is 20.9. The molecule has 2 aromatic rings. The van der Waals surface area contributed by atoms with E-state index in [1.807, 2.05) is 19.1 Å². The Balaban J connectivity index is 1.60. The number of carbonyl (C=O) groups is 1. The number of benzene rings is 2. The number of ether oxygens (including phenoxy) is 1. The predicted molar refractivity (Wildman–Crippen MR) is 160 cm³/mol. The van der Waals surface area contributed by atoms with Gasteiger partial charge in [0.25, 0.3) is 0 Å². The van der Waals surface area contributed by atoms with E-state index >= 15 is 0 Å². The first-order valence-electron chi connectivity index (χ1n) is 15.1. The highest BCUT2D eigenvalue weighted by Crippen LogP contribution is 2.45. The molecule has 2 fully saturated rings. The topological polar surface area (TPSA) is 49.8 Å². The molecule has 0 radical (unpaired) electrons. The molecule has 1 saturated carbocycles. The van der Waals surface area contributed by atoms with Gasteiger partial charge in [-0.25, -0.2) is 4.39 Å². The number of carboxylic acids is 1. The molecule has 2 aromatic carbocycles. The minimum atomic E-state index is -0.708. The van der Waals surface area contributed by atoms with E-state index < -0.39 is 11.4 Å². The van der Waals surface area contributed by atoms with E-state index in [0.29, 0.717) is 12.5 Å². The van der Waals surface area contributed by atoms with Crippen molar-refractivity contribution in [2.75, 3.05) is 19.6 Å². The Hall–Kier alpha value is -2.24. The molecule has 4 rings (SSSR count). The number of carboxylic acid groups (broad SMARTS) is 1. The maximum atomic E-state index is 13.9. The molecule has 5 heteroatoms. The predicted octanol–water partition coefficient (Wildman–Crippen LogP) is 8.25. The van der Waals surface area contributed by atoms with Gasteiger partial charge in [-0.2, -0.15) is 0 Å². The Morgan fingerprint density at radius 3 is 2.35 bits per heavy atom. The van der Waals surface area contributed by atoms with Crippen LogP contribution in [0.5, 0.6) is 0 Å². The SMILES string of the molecule is CC(OC1CCC(CN2CCCC(C)(C(=O)O)C2)C1c1ccc(F)cc1)c1ccc(C(C)(C)C)cc1C(C)(C)C. The Morgan fingerprint density at radius 1 is 1.07 bits per heavy atom. The number of aliphatic carboxylic acids is 1. The van der Waals surface area contributed by atoms with Crippen LogP contribution in [0.4, 0.5) is 4.39 Å². The van der Waals surface area contributed by atoms with E-state index in [4.69, 9.17) is 4.74 Å². The van der Waals surface area contributed by atoms with Crippen LogP contribution in [0.15, 0.2) is 42.5 Å². The lowest BCUT2D eigenvalue weighted by Crippen LogP contribution is -2.47. The van der Waals surface area contributed by atoms with Crippen molar-refractivity contribution in [3.63, 3.8) is 0 Å². The van der Waals surface area contributed by atoms with Crippen molar-refractivity contribution in [2.45, 2.75) is 110 Å². The van der Waals surface area contributed by atoms with Gasteiger partial charge in [0.1, 0.15) is 5.82 Å². The standard InChI is InChI=1S/C35H50FNO3/c1-23(28-16-13-26(33(2,3)4)20-29(28)34(5,6)7)40-30-17-12-25(31(30)24-10-14-27(36)15-11-24)21-37-19-9-18-35(8,22-37)32(38)39/h10-11,13-16,20,23,25,30-31H,9,12,17-19,21-22H2,1-8H3,(H,38,39). The van der Waals surface area contributed by atoms with E-state index in [1.165, 1.54) is 16.7 Å². The molecule has 5 atom stereocenters. The molecule has 220 valence electrons. The lowest BCUT2D eigenvalue weighted by Gasteiger charge is -2.40. The van der Waals surface area contributed by atoms with Crippen LogP contribution in [-0.2, 0) is 20.4 Å². The average molecular weight is 552 g/mol. The summed E-state index contributed by atoms with van der Waals surface area (Å²) in [5, 5.41) is 9.84. The molecule has 0 aromatic heterocycles. The van der Waals surface area contributed by atoms with Crippen LogP contribution in [-0.4, -0.2) is 41.7 Å². The van der Waals surface area contributed by atoms with Gasteiger partial charge in [-0.1, -0.05) is 71.9 Å². The molecule has 1 N–H and O–H groups in total. The van der Waals surface area contributed by atoms with Crippen molar-refractivity contribution in [2.24, 2.45) is 11.3 Å². The average Bonchev–Trinajstić information content (AvgIpc) is 3.24. The van der Waals surface area contributed by atoms with Crippen molar-refractivity contribution in [3.8, 4) is 0 Å². The third kappa shape index (κ3) is 6.79. The number of likely N-dealkylation sites (tertiary alicyclic amines) is 1. The van der Waals surface area contributed by atoms with Gasteiger partial charge in [-0.05, 0) is 97.2 Å². The summed E-state index contributed by atoms with van der Waals surface area (Å²) in [6.45, 7) is 19.9. The van der Waals surface area contributed by atoms with E-state index in [2.05, 4.69) is 71.6 Å². The Labute approximate surface area is 241 Å². The van der Waals surface area contributed by atoms with Gasteiger partial charge in [0.15, 0.2) is 0 Å². The van der Waals surface area contributed by atoms with Crippen molar-refractivity contribution in [1.29, 1.82) is 0 Å². The molecule has 0 spiro atoms. The zero-order chi connectivity index (χ0) is 29.5. The molecule has 1 saturated heterocycles. The molecular weight excluding hydrogens is 501 g/mol. The molecule has 0 amide bonds. The van der Waals surface area contributed by atoms with Gasteiger partial charge in [0.2, 0.25) is 0 Å². The first-order chi connectivity index (χ1) is 18.6. The van der Waals surface area contributed by atoms with Gasteiger partial charge in [0, 0.05) is 19.0 Å². The van der Waals surface area contributed by atoms with Gasteiger partial charge in [0.05, 0.1) is 17.6 Å². The normalized spacial score (nSPS) is 27.1. The number of piperidine rings is 1. The Kier molecular flexibility index (Phi) is 8.88. The summed E-state index contributed by atoms with van der Waals surface area (Å²) >= 11 is 0. The fourth-order valence-corrected chi connectivity index (χ4v) is 6.94. The lowest BCUT2D eigenvalue weighted by atomic mass is 9.77. The summed E-state index contributed by atoms with van der Waals surface area (Å²) in [5.41, 5.74) is 4.34. The fraction of sp³-hybridized carbons (Fsp3) is 0.629. The van der Waals surface area contributed by atoms with Crippen molar-refractivity contribution >= 4 is 5.97 Å². The smallest absolute Gasteiger partial charge is 0.310 e. The summed E-state index contributed by atoms with van der Waals surface area (Å²) in [6, 6.07) is 13.8. The van der Waals surface area contributed by atoms with Crippen LogP contribution in [0, 0.1) is 17.2 Å². The molecule has 5 unspecified atom stereocenters. The van der Waals surface area contributed by atoms with E-state index in [0.717, 1.165) is 44.3 Å². The van der Waals surface area contributed by atoms with Gasteiger partial charge >= 0.3 is 5.97 Å². The molecular formula is C35H50FNO3. The van der Waals surface area contributed by atoms with Crippen molar-refractivity contribution in [1.82, 2.24) is 4.90 Å². The lowest BCUT2D eigenvalue weighted by molar-refractivity contribution is -0.151. The van der Waals surface area contributed by atoms with E-state index in [1.54, 1.807) is 12.1 Å². The highest BCUT2D eigenvalue weighted by Gasteiger charge is 2.43. The van der Waals surface area contributed by atoms with Gasteiger partial charge < -0.3 is 14.7 Å². The number of nitrogens with zero attached hydrogens (tertiary/aromatic N) is 1. The van der Waals surface area contributed by atoms with Crippen LogP contribution >= 0.6 is 0 Å². The molecule has 4 nitrogen and oxygen atoms in total. The van der Waals surface area contributed by atoms with E-state index in [9.17, 15) is 14.3 Å². The number of rotatable bonds is 7. The molecule has 1 heterocycles. The second kappa shape index (κ2) is 11.6. The van der Waals surface area contributed by atoms with Gasteiger partial charge in [-0.3, -0.25) is 4.79 Å². The van der Waals surface area contributed by atoms with Crippen LogP contribution in [0.3, 0.4) is 0 Å². The Bertz CT molecular complexity index is 1180. The molecule has 0 bridgehead atoms. The largest absolute Gasteiger partial charge is 0.481 e. The van der Waals surface area contributed by atoms with Gasteiger partial charge in [-0.15, -0.1) is 0 Å². The molecule has 1 aliphatic heterocycles. The van der Waals surface area contributed by atoms with Crippen LogP contribution in [0.2, 0.25) is 0 Å². The first kappa shape index (κ1) is 30.7. The number of hydrogen-bond acceptors (Lipinski definition) is 3. The minimum absolute atomic E-state index is 0.0104. The minimum Gasteiger partial charge on any atom is -0.481 e. The first-order valence-corrected chi connectivity index (χ1v) is 15.1. The maximum absolute atomic E-state index is 13.9. The maximum Gasteiger partial charge on any atom is 0.310 e. The number of hydrogen-bond donors (Lipinski definition) is 1. The summed E-state index contributed by atoms with van der Waals surface area (Å²) in [6.07, 6.45) is 3.49. The summed E-state index contributed by atoms with van der Waals surface area (Å²) in [5.74, 6) is -0.482. The second-order valence-electron chi connectivity index (χ2n) is 14.7. The summed E-state index contributed by atoms with van der Waals surface area (Å²) in [7, 11) is 0. The highest BCUT2D eigenvalue weighted by molar-refractivity contribution is 5.74. The zero-order valence-corrected chi connectivity index (χ0v) is 25.9. The second-order valence-corrected chi connectivity index (χ2v) is 14.7. The van der Waals surface area contributed by atoms with Crippen LogP contribution in [0.25, 0.3) is 0 Å². The molecule has 1 aliphatic carbocycles. The zero-order valence-electron chi connectivity index (χ0n) is 25.9. The quantitative estimate of drug-likeness (QED) is 0.376. The Morgan fingerprint density at radius 2 is 1.75 bits per heavy atom. The molecule has 40 heavy (non-hydrogen) atoms. The highest BCUT2D eigenvalue weighted by atomic mass is 19.1.